The van der Waals surface area contributed by atoms with Gasteiger partial charge in [0.25, 0.3) is 0 Å². The van der Waals surface area contributed by atoms with Crippen molar-refractivity contribution in [2.24, 2.45) is 0 Å². The van der Waals surface area contributed by atoms with Crippen molar-refractivity contribution in [3.05, 3.63) is 0 Å². The van der Waals surface area contributed by atoms with Gasteiger partial charge in [-0.25, -0.2) is 0 Å². The number of hydrogen-bond donors (Lipinski definition) is 0. The van der Waals surface area contributed by atoms with E-state index in [1.807, 2.05) is 0 Å². The molecule has 0 radical (unpaired) electrons. The average molecular weight is 441 g/mol. The molecule has 0 spiro atoms. The molecule has 1 heteroatoms. The van der Waals surface area contributed by atoms with Gasteiger partial charge in [0.15, 0.2) is 0 Å². The Morgan fingerprint density at radius 3 is 1.50 bits per heavy atom. The van der Waals surface area contributed by atoms with Gasteiger partial charge in [-0.3, -0.25) is 0 Å². The predicted molar refractivity (Wildman–Crippen MR) is 115 cm³/mol. The summed E-state index contributed by atoms with van der Waals surface area (Å²) in [5.41, 5.74) is 0. The third-order valence-corrected chi connectivity index (χ3v) is 22.6. The molecule has 0 saturated carbocycles. The number of rotatable bonds is 15. The Morgan fingerprint density at radius 2 is 1.08 bits per heavy atom. The fourth-order valence-electron chi connectivity index (χ4n) is 3.88. The maximum atomic E-state index is 3.90. The molecule has 0 aromatic heterocycles. The Morgan fingerprint density at radius 1 is 0.625 bits per heavy atom. The molecule has 0 heterocycles. The summed E-state index contributed by atoms with van der Waals surface area (Å²) in [6.07, 6.45) is 16.4. The van der Waals surface area contributed by atoms with E-state index in [1.54, 1.807) is 13.3 Å². The van der Waals surface area contributed by atoms with Crippen molar-refractivity contribution in [2.45, 2.75) is 129 Å². The van der Waals surface area contributed by atoms with E-state index in [-0.39, 0.29) is 0 Å². The maximum absolute atomic E-state index is 3.90. The van der Waals surface area contributed by atoms with Crippen LogP contribution in [0.2, 0.25) is 17.2 Å². The van der Waals surface area contributed by atoms with Crippen LogP contribution in [-0.4, -0.2) is 18.4 Å². The zero-order valence-corrected chi connectivity index (χ0v) is 20.5. The number of unbranched alkanes of at least 4 members (excludes halogenated alkanes) is 6. The molecule has 142 valence electrons. The zero-order chi connectivity index (χ0) is 18.1. The fourth-order valence-corrected chi connectivity index (χ4v) is 21.6. The molecule has 1 atom stereocenters. The third-order valence-electron chi connectivity index (χ3n) is 5.60. The molecule has 0 aliphatic heterocycles. The summed E-state index contributed by atoms with van der Waals surface area (Å²) in [5.74, 6) is 7.53. The van der Waals surface area contributed by atoms with Gasteiger partial charge in [-0.05, 0) is 0 Å². The Hall–Kier alpha value is 0.359. The molecular weight excluding hydrogens is 395 g/mol. The number of hydrogen-bond acceptors (Lipinski definition) is 0. The van der Waals surface area contributed by atoms with Crippen LogP contribution in [0.1, 0.15) is 112 Å². The molecule has 0 fully saturated rings. The normalized spacial score (nSPS) is 12.7. The van der Waals surface area contributed by atoms with Crippen LogP contribution < -0.4 is 0 Å². The monoisotopic (exact) mass is 442 g/mol. The minimum atomic E-state index is -2.16. The predicted octanol–water partition coefficient (Wildman–Crippen LogP) is 8.59. The van der Waals surface area contributed by atoms with Crippen molar-refractivity contribution in [1.82, 2.24) is 0 Å². The Bertz CT molecular complexity index is 301. The molecule has 0 aromatic carbocycles. The van der Waals surface area contributed by atoms with Crippen LogP contribution in [0, 0.1) is 11.8 Å². The second kappa shape index (κ2) is 16.8. The summed E-state index contributed by atoms with van der Waals surface area (Å²) in [4.78, 5) is 0. The molecule has 0 N–H and O–H groups in total. The summed E-state index contributed by atoms with van der Waals surface area (Å²) in [7, 11) is 0. The van der Waals surface area contributed by atoms with Crippen LogP contribution in [0.15, 0.2) is 0 Å². The van der Waals surface area contributed by atoms with Crippen molar-refractivity contribution in [1.29, 1.82) is 0 Å². The van der Waals surface area contributed by atoms with E-state index in [0.29, 0.717) is 0 Å². The van der Waals surface area contributed by atoms with Crippen molar-refractivity contribution in [2.75, 3.05) is 0 Å². The molecule has 0 aliphatic carbocycles. The molecule has 0 saturated heterocycles. The van der Waals surface area contributed by atoms with E-state index in [9.17, 15) is 0 Å². The first-order chi connectivity index (χ1) is 11.7. The molecular formula is C23H46Sn. The van der Waals surface area contributed by atoms with Crippen LogP contribution in [-0.2, 0) is 0 Å². The van der Waals surface area contributed by atoms with E-state index < -0.39 is 18.4 Å². The van der Waals surface area contributed by atoms with E-state index in [1.165, 1.54) is 70.6 Å². The fraction of sp³-hybridized carbons (Fsp3) is 0.913. The summed E-state index contributed by atoms with van der Waals surface area (Å²) < 4.78 is 5.69. The second-order valence-electron chi connectivity index (χ2n) is 7.79. The van der Waals surface area contributed by atoms with E-state index in [0.717, 1.165) is 10.4 Å². The van der Waals surface area contributed by atoms with Gasteiger partial charge in [0, 0.05) is 0 Å². The van der Waals surface area contributed by atoms with Gasteiger partial charge in [-0.2, -0.15) is 0 Å². The Labute approximate surface area is 158 Å². The molecule has 0 rings (SSSR count). The first kappa shape index (κ1) is 24.4. The zero-order valence-electron chi connectivity index (χ0n) is 17.7. The van der Waals surface area contributed by atoms with E-state index in [4.69, 9.17) is 0 Å². The molecule has 0 nitrogen and oxygen atoms in total. The van der Waals surface area contributed by atoms with E-state index >= 15 is 0 Å². The summed E-state index contributed by atoms with van der Waals surface area (Å²) >= 11 is -2.16. The van der Waals surface area contributed by atoms with Gasteiger partial charge in [0.05, 0.1) is 0 Å². The summed E-state index contributed by atoms with van der Waals surface area (Å²) in [6.45, 7) is 11.8. The van der Waals surface area contributed by atoms with Gasteiger partial charge < -0.3 is 0 Å². The van der Waals surface area contributed by atoms with Crippen molar-refractivity contribution in [3.63, 3.8) is 0 Å². The third kappa shape index (κ3) is 10.4. The van der Waals surface area contributed by atoms with Crippen molar-refractivity contribution >= 4 is 18.4 Å². The van der Waals surface area contributed by atoms with Crippen LogP contribution in [0.3, 0.4) is 0 Å². The van der Waals surface area contributed by atoms with Gasteiger partial charge in [0.1, 0.15) is 0 Å². The quantitative estimate of drug-likeness (QED) is 0.136. The molecule has 0 aliphatic rings. The molecule has 24 heavy (non-hydrogen) atoms. The Balaban J connectivity index is 5.36. The first-order valence-electron chi connectivity index (χ1n) is 11.2. The van der Waals surface area contributed by atoms with Crippen LogP contribution in [0.5, 0.6) is 0 Å². The van der Waals surface area contributed by atoms with Gasteiger partial charge in [0.2, 0.25) is 0 Å². The molecule has 1 unspecified atom stereocenters. The summed E-state index contributed by atoms with van der Waals surface area (Å²) in [5, 5.41) is 0. The Kier molecular flexibility index (Phi) is 17.1. The van der Waals surface area contributed by atoms with Crippen LogP contribution in [0.25, 0.3) is 0 Å². The second-order valence-corrected chi connectivity index (χ2v) is 21.8. The topological polar surface area (TPSA) is 0 Å². The van der Waals surface area contributed by atoms with Crippen molar-refractivity contribution < 1.29 is 0 Å². The molecule has 0 aromatic rings. The first-order valence-corrected chi connectivity index (χ1v) is 18.9. The summed E-state index contributed by atoms with van der Waals surface area (Å²) in [6, 6.07) is 0. The standard InChI is InChI=1S/C11H19.3C4H9.Sn/c1-3-5-7-9-11-10-8-6-4-2;3*1-3-4-2;/h9H,3-8H2,1-2H3;3*1,3-4H2,2H3;. The van der Waals surface area contributed by atoms with Gasteiger partial charge in [-0.15, -0.1) is 0 Å². The SMILES string of the molecule is CCCCC#C[CH](CCCC)[Sn]([CH2]CCC)([CH2]CCC)[CH2]CCC. The van der Waals surface area contributed by atoms with Crippen LogP contribution in [0.4, 0.5) is 0 Å². The molecule has 0 amide bonds. The van der Waals surface area contributed by atoms with E-state index in [2.05, 4.69) is 46.5 Å². The van der Waals surface area contributed by atoms with Gasteiger partial charge in [-0.1, -0.05) is 0 Å². The molecule has 0 bridgehead atoms. The van der Waals surface area contributed by atoms with Crippen LogP contribution >= 0.6 is 0 Å². The van der Waals surface area contributed by atoms with Gasteiger partial charge >= 0.3 is 159 Å². The average Bonchev–Trinajstić information content (AvgIpc) is 2.61. The minimum absolute atomic E-state index is 0.848. The van der Waals surface area contributed by atoms with Crippen molar-refractivity contribution in [3.8, 4) is 11.8 Å².